The van der Waals surface area contributed by atoms with E-state index in [1.807, 2.05) is 203 Å². The van der Waals surface area contributed by atoms with Gasteiger partial charge >= 0.3 is 11.9 Å². The van der Waals surface area contributed by atoms with Gasteiger partial charge in [0.1, 0.15) is 54.3 Å². The summed E-state index contributed by atoms with van der Waals surface area (Å²) in [5.41, 5.74) is 18.5. The minimum Gasteiger partial charge on any atom is -0.481 e. The van der Waals surface area contributed by atoms with Gasteiger partial charge in [-0.25, -0.2) is 82.9 Å². The Kier molecular flexibility index (Phi) is 30.1. The number of carbonyl (C=O) groups is 2. The maximum Gasteiger partial charge on any atom is 0.308 e. The largest absolute Gasteiger partial charge is 0.481 e. The van der Waals surface area contributed by atoms with Crippen molar-refractivity contribution in [3.8, 4) is 97.5 Å². The molecule has 1 atom stereocenters. The Morgan fingerprint density at radius 1 is 0.359 bits per heavy atom. The first-order chi connectivity index (χ1) is 70.7. The van der Waals surface area contributed by atoms with Crippen molar-refractivity contribution in [1.29, 1.82) is 15.8 Å². The number of methoxy groups -OCH3 is 1. The maximum atomic E-state index is 14.5. The molecule has 13 heterocycles. The van der Waals surface area contributed by atoms with Gasteiger partial charge in [0, 0.05) is 151 Å². The third-order valence-corrected chi connectivity index (χ3v) is 24.8. The molecule has 4 aliphatic heterocycles. The van der Waals surface area contributed by atoms with Crippen LogP contribution in [0.5, 0.6) is 0 Å². The highest BCUT2D eigenvalue weighted by molar-refractivity contribution is 5.77. The number of benzene rings is 8. The van der Waals surface area contributed by atoms with Gasteiger partial charge in [0.25, 0.3) is 0 Å². The summed E-state index contributed by atoms with van der Waals surface area (Å²) in [6.45, 7) is 11.0. The van der Waals surface area contributed by atoms with Crippen LogP contribution in [0, 0.1) is 72.4 Å². The molecule has 39 heteroatoms. The predicted octanol–water partition coefficient (Wildman–Crippen LogP) is 16.2. The number of nitrogens with one attached hydrogen (secondary N) is 4. The molecule has 1 unspecified atom stereocenters. The zero-order valence-corrected chi connectivity index (χ0v) is 79.5. The number of nitriles is 3. The standard InChI is InChI=1S/C28H25FN8O.C27H26N8O2.C26H24N8O2.C25H24N8O/c29-20-15-19(16-23(17-20)36-13-9-24(38)10-14-36)25-8-12-31-28(34-25)33-21-4-6-22(7-5-21)37-18-32-27(35-37)26-3-1-2-11-30-26;1-18-30-17-35(33-18)23-5-3-22(4-6-23)31-27-29-10-7-25(32-27)21-13-19(16-28)14-24(15-21)34-11-8-20(9-12-34)26(36)37-2;1-17-29-16-34(32-17)22-4-2-21(3-5-22)30-26-28-9-6-24(31-26)20-12-18(15-27)13-23(14-20)33-10-7-19(8-11-33)25(35)36;1-17-28-16-33(31-17)21-6-4-20(5-7-21)29-25-27-9-8-24(30-25)19-11-18(14-26)12-22(13-19)32-10-2-3-23(34)15-32/h1-8,11-12,15-18,24,38H,9-10,13-14H2,(H,31,33,34);3-7,10,13-15,17,20H,8-9,11-12H2,1-2H3,(H,29,31,32);2-6,9,12-14,16,19H,7-8,10-11H2,1H3,(H,35,36)(H,28,30,31);4-9,11-13,16,23,34H,2-3,10,15H2,1H3,(H,27,29,30). The van der Waals surface area contributed by atoms with Gasteiger partial charge in [-0.2, -0.15) is 31.1 Å². The smallest absolute Gasteiger partial charge is 0.308 e. The summed E-state index contributed by atoms with van der Waals surface area (Å²) in [4.78, 5) is 88.8. The Morgan fingerprint density at radius 2 is 0.710 bits per heavy atom. The average Bonchev–Trinajstić information content (AvgIpc) is 1.73. The van der Waals surface area contributed by atoms with Gasteiger partial charge in [0.15, 0.2) is 5.82 Å². The molecule has 0 radical (unpaired) electrons. The van der Waals surface area contributed by atoms with E-state index in [4.69, 9.17) is 9.72 Å². The summed E-state index contributed by atoms with van der Waals surface area (Å²) >= 11 is 0. The number of piperidine rings is 4. The van der Waals surface area contributed by atoms with Crippen LogP contribution in [0.15, 0.2) is 269 Å². The van der Waals surface area contributed by atoms with Gasteiger partial charge in [0.05, 0.1) is 112 Å². The number of nitrogens with zero attached hydrogens (tertiary/aromatic N) is 28. The number of rotatable bonds is 23. The third-order valence-electron chi connectivity index (χ3n) is 24.8. The number of aliphatic hydroxyl groups is 2. The van der Waals surface area contributed by atoms with E-state index in [2.05, 4.69) is 139 Å². The Balaban J connectivity index is 0.000000127. The zero-order chi connectivity index (χ0) is 100. The first kappa shape index (κ1) is 96.7. The summed E-state index contributed by atoms with van der Waals surface area (Å²) < 4.78 is 26.3. The Labute approximate surface area is 833 Å². The maximum absolute atomic E-state index is 14.5. The molecule has 0 amide bonds. The summed E-state index contributed by atoms with van der Waals surface area (Å²) in [5.74, 6) is 2.80. The van der Waals surface area contributed by atoms with Gasteiger partial charge in [-0.3, -0.25) is 14.6 Å². The number of hydrogen-bond donors (Lipinski definition) is 7. The molecule has 0 bridgehead atoms. The molecule has 7 N–H and O–H groups in total. The summed E-state index contributed by atoms with van der Waals surface area (Å²) in [5, 5.41) is 88.3. The quantitative estimate of drug-likeness (QED) is 0.0292. The van der Waals surface area contributed by atoms with E-state index in [0.29, 0.717) is 156 Å². The molecule has 38 nitrogen and oxygen atoms in total. The van der Waals surface area contributed by atoms with Crippen LogP contribution in [-0.2, 0) is 14.3 Å². The molecular weight excluding hydrogens is 1840 g/mol. The molecule has 4 aliphatic rings. The van der Waals surface area contributed by atoms with Gasteiger partial charge < -0.3 is 60.9 Å². The first-order valence-corrected chi connectivity index (χ1v) is 47.1. The molecule has 4 saturated heterocycles. The molecule has 8 aromatic carbocycles. The molecule has 21 rings (SSSR count). The summed E-state index contributed by atoms with van der Waals surface area (Å²) in [7, 11) is 1.43. The lowest BCUT2D eigenvalue weighted by Gasteiger charge is -2.32. The highest BCUT2D eigenvalue weighted by atomic mass is 19.1. The number of pyridine rings is 1. The number of carboxylic acid groups (broad SMARTS) is 1. The molecule has 9 aromatic heterocycles. The normalized spacial score (nSPS) is 14.3. The fourth-order valence-electron chi connectivity index (χ4n) is 17.2. The van der Waals surface area contributed by atoms with Gasteiger partial charge in [-0.15, -0.1) is 5.10 Å². The van der Waals surface area contributed by atoms with Crippen molar-refractivity contribution in [2.45, 2.75) is 84.3 Å². The van der Waals surface area contributed by atoms with Crippen LogP contribution in [0.4, 0.5) is 73.7 Å². The first-order valence-electron chi connectivity index (χ1n) is 47.1. The van der Waals surface area contributed by atoms with Crippen LogP contribution in [-0.4, -0.2) is 203 Å². The van der Waals surface area contributed by atoms with Crippen molar-refractivity contribution in [1.82, 2.24) is 104 Å². The molecule has 4 fully saturated rings. The fraction of sp³-hybridized carbons (Fsp3) is 0.226. The van der Waals surface area contributed by atoms with Crippen LogP contribution in [0.3, 0.4) is 0 Å². The number of anilines is 12. The number of hydrogen-bond acceptors (Lipinski definition) is 33. The number of ether oxygens (including phenoxy) is 1. The molecule has 726 valence electrons. The molecular formula is C106H99FN32O6. The second-order valence-electron chi connectivity index (χ2n) is 34.9. The monoisotopic (exact) mass is 1930 g/mol. The number of β-amino-alcohol motifs (C(OH)–C–C–N with tert-alkyl or cyclic N) is 1. The van der Waals surface area contributed by atoms with Crippen LogP contribution < -0.4 is 40.9 Å². The van der Waals surface area contributed by atoms with Crippen molar-refractivity contribution in [3.05, 3.63) is 309 Å². The second kappa shape index (κ2) is 45.1. The highest BCUT2D eigenvalue weighted by Crippen LogP contribution is 2.37. The van der Waals surface area contributed by atoms with Crippen LogP contribution in [0.1, 0.15) is 85.5 Å². The fourth-order valence-corrected chi connectivity index (χ4v) is 17.2. The molecule has 17 aromatic rings. The Hall–Kier alpha value is -18.5. The third kappa shape index (κ3) is 24.8. The van der Waals surface area contributed by atoms with Gasteiger partial charge in [0.2, 0.25) is 23.8 Å². The lowest BCUT2D eigenvalue weighted by atomic mass is 9.96. The lowest BCUT2D eigenvalue weighted by molar-refractivity contribution is -0.146. The topological polar surface area (TPSA) is 475 Å². The number of aromatic nitrogens is 21. The van der Waals surface area contributed by atoms with Crippen molar-refractivity contribution in [2.24, 2.45) is 11.8 Å². The van der Waals surface area contributed by atoms with E-state index in [9.17, 15) is 45.1 Å². The predicted molar refractivity (Wildman–Crippen MR) is 544 cm³/mol. The second-order valence-corrected chi connectivity index (χ2v) is 34.9. The zero-order valence-electron chi connectivity index (χ0n) is 79.5. The van der Waals surface area contributed by atoms with Crippen molar-refractivity contribution in [3.63, 3.8) is 0 Å². The van der Waals surface area contributed by atoms with Gasteiger partial charge in [-0.05, 0) is 278 Å². The number of carbonyl (C=O) groups excluding carboxylic acids is 1. The average molecular weight is 1940 g/mol. The Bertz CT molecular complexity index is 7530. The van der Waals surface area contributed by atoms with E-state index >= 15 is 0 Å². The molecule has 145 heavy (non-hydrogen) atoms. The summed E-state index contributed by atoms with van der Waals surface area (Å²) in [6, 6.07) is 72.3. The SMILES string of the molecule is COC(=O)C1CCN(c2cc(C#N)cc(-c3ccnc(Nc4ccc(-n5cnc(C)n5)cc4)n3)c2)CC1.Cc1ncn(-c2ccc(Nc3nccc(-c4cc(C#N)cc(N5CCC(C(=O)O)CC5)c4)n3)cc2)n1.Cc1ncn(-c2ccc(Nc3nccc(-c4cc(C#N)cc(N5CCCC(O)C5)c4)n3)cc2)n1.OC1CCN(c2cc(F)cc(-c3ccnc(Nc4ccc(-n5cnc(-c6ccccn6)n5)cc4)n3)c2)CC1. The van der Waals surface area contributed by atoms with Crippen molar-refractivity contribution >= 4 is 81.2 Å². The van der Waals surface area contributed by atoms with Crippen LogP contribution in [0.25, 0.3) is 79.3 Å². The van der Waals surface area contributed by atoms with E-state index in [1.165, 1.54) is 19.2 Å². The highest BCUT2D eigenvalue weighted by Gasteiger charge is 2.29. The van der Waals surface area contributed by atoms with E-state index in [-0.39, 0.29) is 35.8 Å². The van der Waals surface area contributed by atoms with Crippen molar-refractivity contribution < 1.29 is 34.0 Å². The van der Waals surface area contributed by atoms with E-state index in [0.717, 1.165) is 130 Å². The number of esters is 1. The number of carboxylic acids is 1. The minimum atomic E-state index is -0.745. The lowest BCUT2D eigenvalue weighted by Crippen LogP contribution is -2.38. The minimum absolute atomic E-state index is 0.0789. The van der Waals surface area contributed by atoms with E-state index in [1.54, 1.807) is 93.2 Å². The number of aliphatic carboxylic acids is 1. The van der Waals surface area contributed by atoms with Crippen LogP contribution >= 0.6 is 0 Å². The number of aryl methyl sites for hydroxylation is 3. The summed E-state index contributed by atoms with van der Waals surface area (Å²) in [6.07, 6.45) is 20.1. The molecule has 0 aliphatic carbocycles. The van der Waals surface area contributed by atoms with E-state index < -0.39 is 5.97 Å². The van der Waals surface area contributed by atoms with Crippen LogP contribution in [0.2, 0.25) is 0 Å². The number of aliphatic hydroxyl groups excluding tert-OH is 2. The molecule has 0 spiro atoms. The van der Waals surface area contributed by atoms with Crippen molar-refractivity contribution in [2.75, 3.05) is 100 Å². The molecule has 0 saturated carbocycles. The van der Waals surface area contributed by atoms with Gasteiger partial charge in [-0.1, -0.05) is 6.07 Å². The number of halogens is 1. The Morgan fingerprint density at radius 3 is 1.06 bits per heavy atom.